The molecule has 0 aliphatic carbocycles. The molecule has 0 spiro atoms. The fraction of sp³-hybridized carbons (Fsp3) is 0.125. The van der Waals surface area contributed by atoms with E-state index in [1.54, 1.807) is 12.1 Å². The normalized spacial score (nSPS) is 12.1. The first-order valence-corrected chi connectivity index (χ1v) is 6.53. The predicted octanol–water partition coefficient (Wildman–Crippen LogP) is 4.02. The van der Waals surface area contributed by atoms with E-state index in [9.17, 15) is 4.39 Å². The number of hydrogen-bond donors (Lipinski definition) is 0. The van der Waals surface area contributed by atoms with Crippen molar-refractivity contribution in [3.05, 3.63) is 66.3 Å². The molecular formula is C16H13FN2O2. The number of nitrogens with zero attached hydrogens (tertiary/aromatic N) is 2. The third kappa shape index (κ3) is 3.08. The molecule has 0 aliphatic rings. The van der Waals surface area contributed by atoms with Crippen LogP contribution in [0.3, 0.4) is 0 Å². The van der Waals surface area contributed by atoms with Crippen LogP contribution in [0.25, 0.3) is 11.5 Å². The number of hydrogen-bond acceptors (Lipinski definition) is 4. The van der Waals surface area contributed by atoms with Gasteiger partial charge in [-0.2, -0.15) is 0 Å². The summed E-state index contributed by atoms with van der Waals surface area (Å²) >= 11 is 0. The lowest BCUT2D eigenvalue weighted by Gasteiger charge is -2.10. The van der Waals surface area contributed by atoms with Crippen molar-refractivity contribution in [2.75, 3.05) is 0 Å². The lowest BCUT2D eigenvalue weighted by Crippen LogP contribution is -2.03. The number of para-hydroxylation sites is 1. The molecule has 4 nitrogen and oxygen atoms in total. The summed E-state index contributed by atoms with van der Waals surface area (Å²) in [6, 6.07) is 15.4. The van der Waals surface area contributed by atoms with Crippen LogP contribution in [0.5, 0.6) is 5.75 Å². The summed E-state index contributed by atoms with van der Waals surface area (Å²) in [6.45, 7) is 1.82. The highest BCUT2D eigenvalue weighted by molar-refractivity contribution is 5.52. The molecule has 3 aromatic rings. The molecule has 5 heteroatoms. The smallest absolute Gasteiger partial charge is 0.257 e. The quantitative estimate of drug-likeness (QED) is 0.726. The van der Waals surface area contributed by atoms with E-state index < -0.39 is 0 Å². The molecule has 106 valence electrons. The maximum Gasteiger partial charge on any atom is 0.257 e. The van der Waals surface area contributed by atoms with Gasteiger partial charge in [-0.25, -0.2) is 4.39 Å². The molecule has 0 amide bonds. The number of benzene rings is 2. The Labute approximate surface area is 121 Å². The fourth-order valence-electron chi connectivity index (χ4n) is 1.89. The maximum absolute atomic E-state index is 13.2. The van der Waals surface area contributed by atoms with Gasteiger partial charge in [-0.1, -0.05) is 24.3 Å². The van der Waals surface area contributed by atoms with Gasteiger partial charge in [0.1, 0.15) is 11.6 Å². The summed E-state index contributed by atoms with van der Waals surface area (Å²) in [5.41, 5.74) is 0.542. The summed E-state index contributed by atoms with van der Waals surface area (Å²) in [4.78, 5) is 0. The number of ether oxygens (including phenoxy) is 1. The summed E-state index contributed by atoms with van der Waals surface area (Å²) in [5.74, 6) is 0.988. The van der Waals surface area contributed by atoms with Crippen molar-refractivity contribution < 1.29 is 13.5 Å². The summed E-state index contributed by atoms with van der Waals surface area (Å²) in [7, 11) is 0. The fourth-order valence-corrected chi connectivity index (χ4v) is 1.89. The third-order valence-electron chi connectivity index (χ3n) is 2.92. The molecule has 3 rings (SSSR count). The van der Waals surface area contributed by atoms with Crippen molar-refractivity contribution in [1.29, 1.82) is 0 Å². The molecule has 21 heavy (non-hydrogen) atoms. The van der Waals surface area contributed by atoms with E-state index in [2.05, 4.69) is 10.2 Å². The Balaban J connectivity index is 1.78. The average Bonchev–Trinajstić information content (AvgIpc) is 2.98. The van der Waals surface area contributed by atoms with Gasteiger partial charge in [-0.05, 0) is 37.3 Å². The highest BCUT2D eigenvalue weighted by atomic mass is 19.1. The van der Waals surface area contributed by atoms with Crippen LogP contribution in [0.4, 0.5) is 4.39 Å². The first-order valence-electron chi connectivity index (χ1n) is 6.53. The maximum atomic E-state index is 13.2. The van der Waals surface area contributed by atoms with Gasteiger partial charge in [0, 0.05) is 5.56 Å². The minimum absolute atomic E-state index is 0.271. The van der Waals surface area contributed by atoms with E-state index in [1.165, 1.54) is 12.1 Å². The van der Waals surface area contributed by atoms with Gasteiger partial charge in [0.2, 0.25) is 5.89 Å². The molecule has 0 saturated heterocycles. The lowest BCUT2D eigenvalue weighted by molar-refractivity contribution is 0.189. The average molecular weight is 284 g/mol. The van der Waals surface area contributed by atoms with Crippen molar-refractivity contribution >= 4 is 0 Å². The lowest BCUT2D eigenvalue weighted by atomic mass is 10.2. The van der Waals surface area contributed by atoms with Crippen LogP contribution in [0.2, 0.25) is 0 Å². The second-order valence-electron chi connectivity index (χ2n) is 4.53. The van der Waals surface area contributed by atoms with Crippen molar-refractivity contribution in [1.82, 2.24) is 10.2 Å². The van der Waals surface area contributed by atoms with Crippen LogP contribution < -0.4 is 4.74 Å². The van der Waals surface area contributed by atoms with Crippen LogP contribution in [-0.4, -0.2) is 10.2 Å². The van der Waals surface area contributed by atoms with E-state index in [-0.39, 0.29) is 17.8 Å². The second-order valence-corrected chi connectivity index (χ2v) is 4.53. The number of aromatic nitrogens is 2. The Hall–Kier alpha value is -2.69. The Morgan fingerprint density at radius 3 is 2.62 bits per heavy atom. The Morgan fingerprint density at radius 2 is 1.86 bits per heavy atom. The van der Waals surface area contributed by atoms with Crippen LogP contribution in [-0.2, 0) is 0 Å². The molecule has 0 radical (unpaired) electrons. The highest BCUT2D eigenvalue weighted by Gasteiger charge is 2.16. The summed E-state index contributed by atoms with van der Waals surface area (Å²) in [6.07, 6.45) is -0.387. The van der Waals surface area contributed by atoms with Gasteiger partial charge in [0.15, 0.2) is 6.10 Å². The van der Waals surface area contributed by atoms with Crippen LogP contribution in [0.1, 0.15) is 18.9 Å². The number of rotatable bonds is 4. The zero-order chi connectivity index (χ0) is 14.7. The van der Waals surface area contributed by atoms with Gasteiger partial charge in [0.25, 0.3) is 5.89 Å². The topological polar surface area (TPSA) is 48.2 Å². The summed E-state index contributed by atoms with van der Waals surface area (Å²) in [5, 5.41) is 7.88. The zero-order valence-corrected chi connectivity index (χ0v) is 11.4. The van der Waals surface area contributed by atoms with Gasteiger partial charge in [-0.3, -0.25) is 0 Å². The zero-order valence-electron chi connectivity index (χ0n) is 11.4. The standard InChI is InChI=1S/C16H13FN2O2/c1-11(20-14-8-3-2-4-9-14)15-18-19-16(21-15)12-6-5-7-13(17)10-12/h2-11H,1H3. The molecule has 0 bridgehead atoms. The van der Waals surface area contributed by atoms with E-state index in [0.29, 0.717) is 11.5 Å². The molecular weight excluding hydrogens is 271 g/mol. The van der Waals surface area contributed by atoms with E-state index in [1.807, 2.05) is 37.3 Å². The van der Waals surface area contributed by atoms with Crippen molar-refractivity contribution in [3.8, 4) is 17.2 Å². The molecule has 0 aliphatic heterocycles. The molecule has 1 aromatic heterocycles. The Bertz CT molecular complexity index is 728. The van der Waals surface area contributed by atoms with Crippen LogP contribution in [0, 0.1) is 5.82 Å². The molecule has 0 saturated carbocycles. The molecule has 0 fully saturated rings. The minimum Gasteiger partial charge on any atom is -0.481 e. The molecule has 1 heterocycles. The van der Waals surface area contributed by atoms with Crippen molar-refractivity contribution in [3.63, 3.8) is 0 Å². The SMILES string of the molecule is CC(Oc1ccccc1)c1nnc(-c2cccc(F)c2)o1. The first kappa shape index (κ1) is 13.3. The van der Waals surface area contributed by atoms with E-state index >= 15 is 0 Å². The minimum atomic E-state index is -0.387. The van der Waals surface area contributed by atoms with Gasteiger partial charge in [0.05, 0.1) is 0 Å². The molecule has 1 unspecified atom stereocenters. The Morgan fingerprint density at radius 1 is 1.05 bits per heavy atom. The largest absolute Gasteiger partial charge is 0.481 e. The third-order valence-corrected chi connectivity index (χ3v) is 2.92. The first-order chi connectivity index (χ1) is 10.2. The monoisotopic (exact) mass is 284 g/mol. The van der Waals surface area contributed by atoms with Crippen molar-refractivity contribution in [2.24, 2.45) is 0 Å². The van der Waals surface area contributed by atoms with Gasteiger partial charge >= 0.3 is 0 Å². The van der Waals surface area contributed by atoms with Gasteiger partial charge in [-0.15, -0.1) is 10.2 Å². The Kier molecular flexibility index (Phi) is 3.64. The van der Waals surface area contributed by atoms with E-state index in [4.69, 9.17) is 9.15 Å². The summed E-state index contributed by atoms with van der Waals surface area (Å²) < 4.78 is 24.4. The molecule has 2 aromatic carbocycles. The molecule has 0 N–H and O–H groups in total. The molecule has 1 atom stereocenters. The highest BCUT2D eigenvalue weighted by Crippen LogP contribution is 2.24. The number of halogens is 1. The van der Waals surface area contributed by atoms with Gasteiger partial charge < -0.3 is 9.15 Å². The second kappa shape index (κ2) is 5.75. The van der Waals surface area contributed by atoms with E-state index in [0.717, 1.165) is 5.75 Å². The van der Waals surface area contributed by atoms with Crippen molar-refractivity contribution in [2.45, 2.75) is 13.0 Å². The van der Waals surface area contributed by atoms with Crippen LogP contribution in [0.15, 0.2) is 59.0 Å². The predicted molar refractivity (Wildman–Crippen MR) is 75.2 cm³/mol. The van der Waals surface area contributed by atoms with Crippen LogP contribution >= 0.6 is 0 Å².